The van der Waals surface area contributed by atoms with Crippen LogP contribution in [-0.2, 0) is 0 Å². The highest BCUT2D eigenvalue weighted by Crippen LogP contribution is 2.32. The minimum atomic E-state index is 0.178. The number of rotatable bonds is 3. The van der Waals surface area contributed by atoms with Crippen LogP contribution in [0, 0.1) is 0 Å². The zero-order valence-corrected chi connectivity index (χ0v) is 16.8. The third kappa shape index (κ3) is 3.41. The second-order valence-electron chi connectivity index (χ2n) is 6.66. The zero-order valence-electron chi connectivity index (χ0n) is 15.2. The molecule has 1 aromatic heterocycles. The molecule has 0 unspecified atom stereocenters. The van der Waals surface area contributed by atoms with Gasteiger partial charge in [-0.1, -0.05) is 52.3 Å². The van der Waals surface area contributed by atoms with Gasteiger partial charge in [-0.3, -0.25) is 4.99 Å². The highest BCUT2D eigenvalue weighted by Gasteiger charge is 2.11. The van der Waals surface area contributed by atoms with Crippen LogP contribution in [0.1, 0.15) is 5.56 Å². The van der Waals surface area contributed by atoms with E-state index < -0.39 is 0 Å². The molecular formula is C24H15BrN2O2. The molecule has 5 rings (SSSR count). The van der Waals surface area contributed by atoms with E-state index in [9.17, 15) is 5.11 Å². The molecule has 5 aromatic rings. The molecule has 5 heteroatoms. The van der Waals surface area contributed by atoms with Gasteiger partial charge in [0, 0.05) is 21.8 Å². The van der Waals surface area contributed by atoms with Gasteiger partial charge in [-0.15, -0.1) is 0 Å². The molecule has 29 heavy (non-hydrogen) atoms. The maximum absolute atomic E-state index is 9.96. The number of aliphatic imine (C=N–C) groups is 1. The number of halogens is 1. The Morgan fingerprint density at radius 3 is 2.72 bits per heavy atom. The number of hydrogen-bond acceptors (Lipinski definition) is 4. The summed E-state index contributed by atoms with van der Waals surface area (Å²) in [6, 6.07) is 25.1. The molecule has 1 N–H and O–H groups in total. The molecule has 0 radical (unpaired) electrons. The highest BCUT2D eigenvalue weighted by atomic mass is 79.9. The summed E-state index contributed by atoms with van der Waals surface area (Å²) in [7, 11) is 0. The van der Waals surface area contributed by atoms with Crippen LogP contribution in [0.2, 0.25) is 0 Å². The third-order valence-electron chi connectivity index (χ3n) is 4.73. The fourth-order valence-corrected chi connectivity index (χ4v) is 3.67. The molecular weight excluding hydrogens is 428 g/mol. The van der Waals surface area contributed by atoms with Crippen LogP contribution < -0.4 is 0 Å². The van der Waals surface area contributed by atoms with E-state index in [1.807, 2.05) is 48.5 Å². The van der Waals surface area contributed by atoms with E-state index in [0.29, 0.717) is 17.0 Å². The smallest absolute Gasteiger partial charge is 0.227 e. The molecule has 0 atom stereocenters. The Labute approximate surface area is 175 Å². The molecule has 0 spiro atoms. The van der Waals surface area contributed by atoms with Crippen molar-refractivity contribution < 1.29 is 9.52 Å². The first kappa shape index (κ1) is 17.6. The monoisotopic (exact) mass is 442 g/mol. The van der Waals surface area contributed by atoms with Crippen molar-refractivity contribution in [2.24, 2.45) is 4.99 Å². The number of fused-ring (bicyclic) bond motifs is 2. The van der Waals surface area contributed by atoms with Gasteiger partial charge in [0.25, 0.3) is 0 Å². The Morgan fingerprint density at radius 1 is 0.931 bits per heavy atom. The first-order valence-electron chi connectivity index (χ1n) is 9.09. The van der Waals surface area contributed by atoms with Gasteiger partial charge in [0.05, 0.1) is 5.69 Å². The Balaban J connectivity index is 1.53. The van der Waals surface area contributed by atoms with Gasteiger partial charge in [-0.2, -0.15) is 0 Å². The number of aromatic hydroxyl groups is 1. The van der Waals surface area contributed by atoms with Crippen LogP contribution in [0.15, 0.2) is 92.7 Å². The van der Waals surface area contributed by atoms with Gasteiger partial charge >= 0.3 is 0 Å². The van der Waals surface area contributed by atoms with Gasteiger partial charge in [0.2, 0.25) is 5.89 Å². The molecule has 1 heterocycles. The Bertz CT molecular complexity index is 1380. The molecule has 140 valence electrons. The van der Waals surface area contributed by atoms with Gasteiger partial charge in [-0.25, -0.2) is 4.98 Å². The van der Waals surface area contributed by atoms with Crippen molar-refractivity contribution in [2.75, 3.05) is 0 Å². The average molecular weight is 443 g/mol. The topological polar surface area (TPSA) is 58.6 Å². The number of nitrogens with zero attached hydrogens (tertiary/aromatic N) is 2. The second kappa shape index (κ2) is 7.18. The van der Waals surface area contributed by atoms with Gasteiger partial charge in [-0.05, 0) is 53.2 Å². The zero-order chi connectivity index (χ0) is 19.8. The number of oxazole rings is 1. The lowest BCUT2D eigenvalue weighted by Gasteiger charge is -2.01. The molecule has 0 aliphatic heterocycles. The SMILES string of the molecule is Oc1ccc(Br)cc1C=Nc1ccc2oc(-c3cccc4ccccc34)nc2c1. The van der Waals surface area contributed by atoms with Crippen LogP contribution in [0.4, 0.5) is 5.69 Å². The lowest BCUT2D eigenvalue weighted by Crippen LogP contribution is -1.82. The molecule has 0 saturated carbocycles. The number of benzene rings is 4. The van der Waals surface area contributed by atoms with Crippen molar-refractivity contribution >= 4 is 49.7 Å². The third-order valence-corrected chi connectivity index (χ3v) is 5.23. The van der Waals surface area contributed by atoms with Crippen LogP contribution >= 0.6 is 15.9 Å². The van der Waals surface area contributed by atoms with E-state index in [-0.39, 0.29) is 5.75 Å². The summed E-state index contributed by atoms with van der Waals surface area (Å²) in [6.45, 7) is 0. The average Bonchev–Trinajstić information content (AvgIpc) is 3.17. The van der Waals surface area contributed by atoms with Crippen molar-refractivity contribution in [1.82, 2.24) is 4.98 Å². The summed E-state index contributed by atoms with van der Waals surface area (Å²) < 4.78 is 6.88. The predicted octanol–water partition coefficient (Wildman–Crippen LogP) is 6.87. The molecule has 0 bridgehead atoms. The Hall–Kier alpha value is -3.44. The normalized spacial score (nSPS) is 11.6. The quantitative estimate of drug-likeness (QED) is 0.310. The lowest BCUT2D eigenvalue weighted by molar-refractivity contribution is 0.474. The van der Waals surface area contributed by atoms with E-state index in [0.717, 1.165) is 32.0 Å². The summed E-state index contributed by atoms with van der Waals surface area (Å²) >= 11 is 3.40. The highest BCUT2D eigenvalue weighted by molar-refractivity contribution is 9.10. The molecule has 0 amide bonds. The van der Waals surface area contributed by atoms with E-state index in [1.54, 1.807) is 18.3 Å². The number of phenolic OH excluding ortho intramolecular Hbond substituents is 1. The van der Waals surface area contributed by atoms with Crippen LogP contribution in [0.25, 0.3) is 33.3 Å². The van der Waals surface area contributed by atoms with Gasteiger partial charge in [0.15, 0.2) is 5.58 Å². The summed E-state index contributed by atoms with van der Waals surface area (Å²) in [5, 5.41) is 12.2. The van der Waals surface area contributed by atoms with E-state index >= 15 is 0 Å². The van der Waals surface area contributed by atoms with Crippen molar-refractivity contribution in [3.63, 3.8) is 0 Å². The minimum Gasteiger partial charge on any atom is -0.507 e. The summed E-state index contributed by atoms with van der Waals surface area (Å²) in [5.41, 5.74) is 3.77. The summed E-state index contributed by atoms with van der Waals surface area (Å²) in [4.78, 5) is 9.16. The fourth-order valence-electron chi connectivity index (χ4n) is 3.30. The van der Waals surface area contributed by atoms with E-state index in [4.69, 9.17) is 4.42 Å². The maximum atomic E-state index is 9.96. The molecule has 0 saturated heterocycles. The number of phenols is 1. The Morgan fingerprint density at radius 2 is 1.79 bits per heavy atom. The van der Waals surface area contributed by atoms with Gasteiger partial charge < -0.3 is 9.52 Å². The summed E-state index contributed by atoms with van der Waals surface area (Å²) in [6.07, 6.45) is 1.63. The first-order valence-corrected chi connectivity index (χ1v) is 9.88. The van der Waals surface area contributed by atoms with Crippen molar-refractivity contribution in [1.29, 1.82) is 0 Å². The molecule has 4 aromatic carbocycles. The number of aromatic nitrogens is 1. The fraction of sp³-hybridized carbons (Fsp3) is 0. The largest absolute Gasteiger partial charge is 0.507 e. The maximum Gasteiger partial charge on any atom is 0.227 e. The van der Waals surface area contributed by atoms with Crippen LogP contribution in [0.3, 0.4) is 0 Å². The molecule has 0 fully saturated rings. The first-order chi connectivity index (χ1) is 14.2. The standard InChI is InChI=1S/C24H15BrN2O2/c25-17-8-10-22(28)16(12-17)14-26-18-9-11-23-21(13-18)27-24(29-23)20-7-3-5-15-4-1-2-6-19(15)20/h1-14,28H. The van der Waals surface area contributed by atoms with Crippen LogP contribution in [0.5, 0.6) is 5.75 Å². The number of hydrogen-bond donors (Lipinski definition) is 1. The van der Waals surface area contributed by atoms with E-state index in [1.165, 1.54) is 0 Å². The minimum absolute atomic E-state index is 0.178. The van der Waals surface area contributed by atoms with Crippen molar-refractivity contribution in [3.05, 3.63) is 88.9 Å². The Kier molecular flexibility index (Phi) is 4.37. The van der Waals surface area contributed by atoms with Crippen molar-refractivity contribution in [3.8, 4) is 17.2 Å². The molecule has 0 aliphatic rings. The van der Waals surface area contributed by atoms with E-state index in [2.05, 4.69) is 44.1 Å². The predicted molar refractivity (Wildman–Crippen MR) is 120 cm³/mol. The molecule has 4 nitrogen and oxygen atoms in total. The summed E-state index contributed by atoms with van der Waals surface area (Å²) in [5.74, 6) is 0.764. The van der Waals surface area contributed by atoms with Gasteiger partial charge in [0.1, 0.15) is 11.3 Å². The second-order valence-corrected chi connectivity index (χ2v) is 7.57. The molecule has 0 aliphatic carbocycles. The van der Waals surface area contributed by atoms with Crippen LogP contribution in [-0.4, -0.2) is 16.3 Å². The van der Waals surface area contributed by atoms with Crippen molar-refractivity contribution in [2.45, 2.75) is 0 Å². The lowest BCUT2D eigenvalue weighted by atomic mass is 10.0.